The van der Waals surface area contributed by atoms with Gasteiger partial charge in [0.05, 0.1) is 25.2 Å². The van der Waals surface area contributed by atoms with Crippen LogP contribution in [0.4, 0.5) is 0 Å². The van der Waals surface area contributed by atoms with Gasteiger partial charge in [0.2, 0.25) is 10.0 Å². The van der Waals surface area contributed by atoms with E-state index in [1.165, 1.54) is 0 Å². The largest absolute Gasteiger partial charge is 0.497 e. The lowest BCUT2D eigenvalue weighted by atomic mass is 9.99. The first-order valence-corrected chi connectivity index (χ1v) is 10.8. The molecule has 152 valence electrons. The number of ether oxygens (including phenoxy) is 2. The summed E-state index contributed by atoms with van der Waals surface area (Å²) >= 11 is 0. The molecule has 0 aliphatic heterocycles. The maximum absolute atomic E-state index is 13.1. The van der Waals surface area contributed by atoms with Crippen molar-refractivity contribution >= 4 is 10.0 Å². The second-order valence-corrected chi connectivity index (χ2v) is 8.45. The van der Waals surface area contributed by atoms with E-state index in [0.717, 1.165) is 22.6 Å². The number of rotatable bonds is 8. The van der Waals surface area contributed by atoms with Crippen molar-refractivity contribution in [2.75, 3.05) is 14.2 Å². The number of aryl methyl sites for hydroxylation is 1. The van der Waals surface area contributed by atoms with Gasteiger partial charge in [0.25, 0.3) is 0 Å². The number of nitrogens with one attached hydrogen (secondary N) is 1. The lowest BCUT2D eigenvalue weighted by Crippen LogP contribution is -2.30. The Morgan fingerprint density at radius 2 is 1.38 bits per heavy atom. The van der Waals surface area contributed by atoms with Gasteiger partial charge in [-0.05, 0) is 60.4 Å². The first-order chi connectivity index (χ1) is 13.9. The summed E-state index contributed by atoms with van der Waals surface area (Å²) < 4.78 is 39.5. The SMILES string of the molecule is COc1ccc(CC(NS(=O)(=O)c2ccccc2C)c2ccc(OC)cc2)cc1. The molecule has 0 saturated heterocycles. The molecule has 1 atom stereocenters. The van der Waals surface area contributed by atoms with E-state index in [0.29, 0.717) is 12.0 Å². The summed E-state index contributed by atoms with van der Waals surface area (Å²) in [7, 11) is -0.474. The van der Waals surface area contributed by atoms with Gasteiger partial charge in [0.1, 0.15) is 11.5 Å². The van der Waals surface area contributed by atoms with Crippen LogP contribution in [0.1, 0.15) is 22.7 Å². The Morgan fingerprint density at radius 3 is 1.93 bits per heavy atom. The van der Waals surface area contributed by atoms with Crippen molar-refractivity contribution in [3.8, 4) is 11.5 Å². The normalized spacial score (nSPS) is 12.4. The van der Waals surface area contributed by atoms with Gasteiger partial charge in [-0.2, -0.15) is 0 Å². The highest BCUT2D eigenvalue weighted by atomic mass is 32.2. The molecule has 1 N–H and O–H groups in total. The summed E-state index contributed by atoms with van der Waals surface area (Å²) in [4.78, 5) is 0.285. The molecule has 0 amide bonds. The Labute approximate surface area is 172 Å². The number of methoxy groups -OCH3 is 2. The highest BCUT2D eigenvalue weighted by molar-refractivity contribution is 7.89. The number of benzene rings is 3. The minimum atomic E-state index is -3.69. The van der Waals surface area contributed by atoms with Gasteiger partial charge in [-0.1, -0.05) is 42.5 Å². The van der Waals surface area contributed by atoms with Crippen LogP contribution in [0.25, 0.3) is 0 Å². The van der Waals surface area contributed by atoms with Crippen LogP contribution >= 0.6 is 0 Å². The fourth-order valence-electron chi connectivity index (χ4n) is 3.17. The smallest absolute Gasteiger partial charge is 0.241 e. The number of hydrogen-bond donors (Lipinski definition) is 1. The molecule has 0 spiro atoms. The highest BCUT2D eigenvalue weighted by Gasteiger charge is 2.23. The van der Waals surface area contributed by atoms with E-state index in [-0.39, 0.29) is 4.90 Å². The van der Waals surface area contributed by atoms with Gasteiger partial charge < -0.3 is 9.47 Å². The molecule has 3 rings (SSSR count). The third kappa shape index (κ3) is 5.16. The van der Waals surface area contributed by atoms with Crippen LogP contribution in [0.3, 0.4) is 0 Å². The monoisotopic (exact) mass is 411 g/mol. The highest BCUT2D eigenvalue weighted by Crippen LogP contribution is 2.25. The molecule has 0 radical (unpaired) electrons. The Morgan fingerprint density at radius 1 is 0.828 bits per heavy atom. The van der Waals surface area contributed by atoms with Gasteiger partial charge in [-0.25, -0.2) is 13.1 Å². The standard InChI is InChI=1S/C23H25NO4S/c1-17-6-4-5-7-23(17)29(25,26)24-22(19-10-14-21(28-3)15-11-19)16-18-8-12-20(27-2)13-9-18/h4-15,22,24H,16H2,1-3H3. The Bertz CT molecular complexity index is 1040. The first-order valence-electron chi connectivity index (χ1n) is 9.28. The van der Waals surface area contributed by atoms with Gasteiger partial charge in [-0.3, -0.25) is 0 Å². The van der Waals surface area contributed by atoms with Crippen molar-refractivity contribution in [1.29, 1.82) is 0 Å². The second-order valence-electron chi connectivity index (χ2n) is 6.76. The Balaban J connectivity index is 1.93. The van der Waals surface area contributed by atoms with Crippen molar-refractivity contribution in [1.82, 2.24) is 4.72 Å². The zero-order valence-corrected chi connectivity index (χ0v) is 17.6. The van der Waals surface area contributed by atoms with Crippen LogP contribution in [-0.2, 0) is 16.4 Å². The zero-order chi connectivity index (χ0) is 20.9. The van der Waals surface area contributed by atoms with Crippen molar-refractivity contribution in [2.45, 2.75) is 24.3 Å². The van der Waals surface area contributed by atoms with Gasteiger partial charge >= 0.3 is 0 Å². The molecule has 0 aromatic heterocycles. The van der Waals surface area contributed by atoms with E-state index < -0.39 is 16.1 Å². The van der Waals surface area contributed by atoms with Crippen LogP contribution in [-0.4, -0.2) is 22.6 Å². The average molecular weight is 412 g/mol. The van der Waals surface area contributed by atoms with Crippen molar-refractivity contribution < 1.29 is 17.9 Å². The molecule has 0 aliphatic carbocycles. The van der Waals surface area contributed by atoms with E-state index in [4.69, 9.17) is 9.47 Å². The molecule has 3 aromatic carbocycles. The summed E-state index contributed by atoms with van der Waals surface area (Å²) in [5, 5.41) is 0. The van der Waals surface area contributed by atoms with E-state index >= 15 is 0 Å². The van der Waals surface area contributed by atoms with Crippen molar-refractivity contribution in [3.63, 3.8) is 0 Å². The maximum Gasteiger partial charge on any atom is 0.241 e. The molecule has 0 saturated carbocycles. The summed E-state index contributed by atoms with van der Waals surface area (Å²) in [5.74, 6) is 1.48. The predicted molar refractivity (Wildman–Crippen MR) is 114 cm³/mol. The summed E-state index contributed by atoms with van der Waals surface area (Å²) in [6.07, 6.45) is 0.501. The number of sulfonamides is 1. The molecule has 0 aliphatic rings. The quantitative estimate of drug-likeness (QED) is 0.601. The third-order valence-corrected chi connectivity index (χ3v) is 6.43. The molecule has 29 heavy (non-hydrogen) atoms. The minimum absolute atomic E-state index is 0.285. The van der Waals surface area contributed by atoms with Crippen LogP contribution in [0.2, 0.25) is 0 Å². The zero-order valence-electron chi connectivity index (χ0n) is 16.8. The molecule has 5 nitrogen and oxygen atoms in total. The lowest BCUT2D eigenvalue weighted by Gasteiger charge is -2.21. The predicted octanol–water partition coefficient (Wildman–Crippen LogP) is 4.27. The Hall–Kier alpha value is -2.83. The van der Waals surface area contributed by atoms with Crippen LogP contribution in [0, 0.1) is 6.92 Å². The molecule has 3 aromatic rings. The van der Waals surface area contributed by atoms with Gasteiger partial charge in [0.15, 0.2) is 0 Å². The summed E-state index contributed by atoms with van der Waals surface area (Å²) in [6.45, 7) is 1.79. The molecule has 0 bridgehead atoms. The third-order valence-electron chi connectivity index (χ3n) is 4.80. The molecular weight excluding hydrogens is 386 g/mol. The van der Waals surface area contributed by atoms with Gasteiger partial charge in [-0.15, -0.1) is 0 Å². The van der Waals surface area contributed by atoms with Crippen LogP contribution in [0.15, 0.2) is 77.7 Å². The fourth-order valence-corrected chi connectivity index (χ4v) is 4.64. The van der Waals surface area contributed by atoms with Crippen molar-refractivity contribution in [2.24, 2.45) is 0 Å². The molecule has 6 heteroatoms. The van der Waals surface area contributed by atoms with Crippen molar-refractivity contribution in [3.05, 3.63) is 89.5 Å². The van der Waals surface area contributed by atoms with E-state index in [1.807, 2.05) is 54.6 Å². The van der Waals surface area contributed by atoms with E-state index in [1.54, 1.807) is 39.3 Å². The minimum Gasteiger partial charge on any atom is -0.497 e. The van der Waals surface area contributed by atoms with E-state index in [2.05, 4.69) is 4.72 Å². The molecule has 1 unspecified atom stereocenters. The summed E-state index contributed by atoms with van der Waals surface area (Å²) in [5.41, 5.74) is 2.57. The second kappa shape index (κ2) is 9.11. The maximum atomic E-state index is 13.1. The topological polar surface area (TPSA) is 64.6 Å². The average Bonchev–Trinajstić information content (AvgIpc) is 2.74. The van der Waals surface area contributed by atoms with Gasteiger partial charge in [0, 0.05) is 0 Å². The molecular formula is C23H25NO4S. The number of hydrogen-bond acceptors (Lipinski definition) is 4. The Kier molecular flexibility index (Phi) is 6.56. The fraction of sp³-hybridized carbons (Fsp3) is 0.217. The molecule has 0 heterocycles. The first kappa shape index (κ1) is 20.9. The van der Waals surface area contributed by atoms with Crippen LogP contribution < -0.4 is 14.2 Å². The summed E-state index contributed by atoms with van der Waals surface area (Å²) in [6, 6.07) is 21.6. The van der Waals surface area contributed by atoms with E-state index in [9.17, 15) is 8.42 Å². The lowest BCUT2D eigenvalue weighted by molar-refractivity contribution is 0.414. The molecule has 0 fully saturated rings. The van der Waals surface area contributed by atoms with Crippen LogP contribution in [0.5, 0.6) is 11.5 Å².